The summed E-state index contributed by atoms with van der Waals surface area (Å²) in [5.74, 6) is -0.149. The van der Waals surface area contributed by atoms with Crippen LogP contribution in [0, 0.1) is 10.1 Å². The highest BCUT2D eigenvalue weighted by molar-refractivity contribution is 6.33. The molecule has 0 N–H and O–H groups in total. The number of nitro groups is 1. The molecular weight excluding hydrogens is 278 g/mol. The van der Waals surface area contributed by atoms with Crippen molar-refractivity contribution in [2.24, 2.45) is 0 Å². The van der Waals surface area contributed by atoms with Gasteiger partial charge in [-0.05, 0) is 17.7 Å². The molecular formula is C15H12ClNO3. The molecule has 4 nitrogen and oxygen atoms in total. The molecule has 0 aliphatic carbocycles. The van der Waals surface area contributed by atoms with Gasteiger partial charge in [0.15, 0.2) is 5.78 Å². The SMILES string of the molecule is CCC(=O)c1cc([N+](=O)[O-])ccc1-c1ccccc1Cl. The fourth-order valence-electron chi connectivity index (χ4n) is 1.98. The Bertz CT molecular complexity index is 683. The molecule has 2 aromatic carbocycles. The normalized spacial score (nSPS) is 10.3. The van der Waals surface area contributed by atoms with Crippen LogP contribution in [0.25, 0.3) is 11.1 Å². The molecule has 0 amide bonds. The average Bonchev–Trinajstić information content (AvgIpc) is 2.46. The first-order chi connectivity index (χ1) is 9.54. The molecule has 2 aromatic rings. The van der Waals surface area contributed by atoms with Crippen molar-refractivity contribution in [3.05, 3.63) is 63.2 Å². The quantitative estimate of drug-likeness (QED) is 0.473. The van der Waals surface area contributed by atoms with Crippen molar-refractivity contribution in [3.8, 4) is 11.1 Å². The van der Waals surface area contributed by atoms with Gasteiger partial charge in [-0.3, -0.25) is 14.9 Å². The molecule has 20 heavy (non-hydrogen) atoms. The number of ketones is 1. The van der Waals surface area contributed by atoms with E-state index in [2.05, 4.69) is 0 Å². The Labute approximate surface area is 121 Å². The fraction of sp³-hybridized carbons (Fsp3) is 0.133. The minimum atomic E-state index is -0.511. The van der Waals surface area contributed by atoms with Crippen molar-refractivity contribution >= 4 is 23.1 Å². The third-order valence-corrected chi connectivity index (χ3v) is 3.33. The molecule has 5 heteroatoms. The molecule has 0 aliphatic heterocycles. The van der Waals surface area contributed by atoms with Gasteiger partial charge in [0.05, 0.1) is 4.92 Å². The van der Waals surface area contributed by atoms with Crippen LogP contribution in [0.3, 0.4) is 0 Å². The van der Waals surface area contributed by atoms with Crippen molar-refractivity contribution in [1.82, 2.24) is 0 Å². The lowest BCUT2D eigenvalue weighted by Crippen LogP contribution is -2.01. The molecule has 0 radical (unpaired) electrons. The first kappa shape index (κ1) is 14.2. The van der Waals surface area contributed by atoms with E-state index in [0.717, 1.165) is 0 Å². The van der Waals surface area contributed by atoms with Crippen LogP contribution in [0.15, 0.2) is 42.5 Å². The molecule has 2 rings (SSSR count). The zero-order valence-corrected chi connectivity index (χ0v) is 11.6. The van der Waals surface area contributed by atoms with Gasteiger partial charge in [0.25, 0.3) is 5.69 Å². The van der Waals surface area contributed by atoms with Crippen LogP contribution < -0.4 is 0 Å². The van der Waals surface area contributed by atoms with Crippen LogP contribution in [0.1, 0.15) is 23.7 Å². The second-order valence-corrected chi connectivity index (χ2v) is 4.65. The molecule has 0 aromatic heterocycles. The summed E-state index contributed by atoms with van der Waals surface area (Å²) in [6, 6.07) is 11.4. The number of rotatable bonds is 4. The summed E-state index contributed by atoms with van der Waals surface area (Å²) in [5, 5.41) is 11.4. The van der Waals surface area contributed by atoms with Crippen LogP contribution in [-0.2, 0) is 0 Å². The van der Waals surface area contributed by atoms with Crippen molar-refractivity contribution < 1.29 is 9.72 Å². The molecule has 102 valence electrons. The highest BCUT2D eigenvalue weighted by Gasteiger charge is 2.17. The molecule has 0 spiro atoms. The van der Waals surface area contributed by atoms with Gasteiger partial charge in [-0.2, -0.15) is 0 Å². The van der Waals surface area contributed by atoms with Gasteiger partial charge in [0.1, 0.15) is 0 Å². The van der Waals surface area contributed by atoms with Crippen LogP contribution in [0.5, 0.6) is 0 Å². The molecule has 0 aliphatic rings. The Morgan fingerprint density at radius 3 is 2.50 bits per heavy atom. The van der Waals surface area contributed by atoms with Crippen LogP contribution >= 0.6 is 11.6 Å². The van der Waals surface area contributed by atoms with Gasteiger partial charge in [-0.25, -0.2) is 0 Å². The summed E-state index contributed by atoms with van der Waals surface area (Å²) in [6.07, 6.45) is 0.276. The van der Waals surface area contributed by atoms with Crippen LogP contribution in [0.2, 0.25) is 5.02 Å². The maximum Gasteiger partial charge on any atom is 0.270 e. The molecule has 0 bridgehead atoms. The van der Waals surface area contributed by atoms with Crippen molar-refractivity contribution in [3.63, 3.8) is 0 Å². The minimum Gasteiger partial charge on any atom is -0.294 e. The van der Waals surface area contributed by atoms with E-state index in [1.807, 2.05) is 6.07 Å². The standard InChI is InChI=1S/C15H12ClNO3/c1-2-15(18)13-9-10(17(19)20)7-8-11(13)12-5-3-4-6-14(12)16/h3-9H,2H2,1H3. The van der Waals surface area contributed by atoms with E-state index in [4.69, 9.17) is 11.6 Å². The average molecular weight is 290 g/mol. The van der Waals surface area contributed by atoms with Crippen molar-refractivity contribution in [1.29, 1.82) is 0 Å². The number of nitro benzene ring substituents is 1. The summed E-state index contributed by atoms with van der Waals surface area (Å²) in [7, 11) is 0. The predicted octanol–water partition coefficient (Wildman–Crippen LogP) is 4.51. The molecule has 0 fully saturated rings. The lowest BCUT2D eigenvalue weighted by atomic mass is 9.95. The summed E-state index contributed by atoms with van der Waals surface area (Å²) >= 11 is 6.14. The number of Topliss-reactive ketones (excluding diaryl/α,β-unsaturated/α-hetero) is 1. The van der Waals surface area contributed by atoms with Gasteiger partial charge in [0, 0.05) is 34.7 Å². The molecule has 0 unspecified atom stereocenters. The number of carbonyl (C=O) groups is 1. The van der Waals surface area contributed by atoms with E-state index in [1.165, 1.54) is 12.1 Å². The van der Waals surface area contributed by atoms with E-state index in [-0.39, 0.29) is 17.9 Å². The second kappa shape index (κ2) is 5.84. The van der Waals surface area contributed by atoms with Gasteiger partial charge in [-0.15, -0.1) is 0 Å². The third kappa shape index (κ3) is 2.70. The molecule has 0 saturated carbocycles. The number of non-ortho nitro benzene ring substituents is 1. The number of benzene rings is 2. The smallest absolute Gasteiger partial charge is 0.270 e. The lowest BCUT2D eigenvalue weighted by Gasteiger charge is -2.09. The molecule has 0 atom stereocenters. The first-order valence-electron chi connectivity index (χ1n) is 6.11. The van der Waals surface area contributed by atoms with E-state index >= 15 is 0 Å². The number of carbonyl (C=O) groups excluding carboxylic acids is 1. The van der Waals surface area contributed by atoms with Crippen LogP contribution in [0.4, 0.5) is 5.69 Å². The van der Waals surface area contributed by atoms with Gasteiger partial charge in [0.2, 0.25) is 0 Å². The lowest BCUT2D eigenvalue weighted by molar-refractivity contribution is -0.384. The molecule has 0 heterocycles. The van der Waals surface area contributed by atoms with Crippen molar-refractivity contribution in [2.75, 3.05) is 0 Å². The number of nitrogens with zero attached hydrogens (tertiary/aromatic N) is 1. The maximum atomic E-state index is 12.0. The van der Waals surface area contributed by atoms with Crippen LogP contribution in [-0.4, -0.2) is 10.7 Å². The number of hydrogen-bond donors (Lipinski definition) is 0. The van der Waals surface area contributed by atoms with Gasteiger partial charge >= 0.3 is 0 Å². The Balaban J connectivity index is 2.67. The number of halogens is 1. The van der Waals surface area contributed by atoms with Gasteiger partial charge < -0.3 is 0 Å². The summed E-state index contributed by atoms with van der Waals surface area (Å²) in [5.41, 5.74) is 1.54. The zero-order valence-electron chi connectivity index (χ0n) is 10.8. The van der Waals surface area contributed by atoms with Crippen molar-refractivity contribution in [2.45, 2.75) is 13.3 Å². The predicted molar refractivity (Wildman–Crippen MR) is 78.2 cm³/mol. The monoisotopic (exact) mass is 289 g/mol. The second-order valence-electron chi connectivity index (χ2n) is 4.24. The maximum absolute atomic E-state index is 12.0. The Morgan fingerprint density at radius 1 is 1.20 bits per heavy atom. The van der Waals surface area contributed by atoms with E-state index < -0.39 is 4.92 Å². The largest absolute Gasteiger partial charge is 0.294 e. The Kier molecular flexibility index (Phi) is 4.15. The van der Waals surface area contributed by atoms with Gasteiger partial charge in [-0.1, -0.05) is 36.7 Å². The summed E-state index contributed by atoms with van der Waals surface area (Å²) < 4.78 is 0. The third-order valence-electron chi connectivity index (χ3n) is 3.00. The van der Waals surface area contributed by atoms with E-state index in [1.54, 1.807) is 31.2 Å². The Morgan fingerprint density at radius 2 is 1.90 bits per heavy atom. The summed E-state index contributed by atoms with van der Waals surface area (Å²) in [4.78, 5) is 22.4. The first-order valence-corrected chi connectivity index (χ1v) is 6.49. The molecule has 0 saturated heterocycles. The van der Waals surface area contributed by atoms with E-state index in [9.17, 15) is 14.9 Å². The van der Waals surface area contributed by atoms with E-state index in [0.29, 0.717) is 21.7 Å². The zero-order chi connectivity index (χ0) is 14.7. The number of hydrogen-bond acceptors (Lipinski definition) is 3. The highest BCUT2D eigenvalue weighted by atomic mass is 35.5. The Hall–Kier alpha value is -2.20. The highest BCUT2D eigenvalue weighted by Crippen LogP contribution is 2.33. The summed E-state index contributed by atoms with van der Waals surface area (Å²) in [6.45, 7) is 1.72. The fourth-order valence-corrected chi connectivity index (χ4v) is 2.22. The topological polar surface area (TPSA) is 60.2 Å². The minimum absolute atomic E-state index is 0.0994.